The average molecular weight is 438 g/mol. The van der Waals surface area contributed by atoms with Gasteiger partial charge in [0.05, 0.1) is 18.3 Å². The van der Waals surface area contributed by atoms with Crippen molar-refractivity contribution in [2.45, 2.75) is 6.54 Å². The highest BCUT2D eigenvalue weighted by atomic mass is 32.1. The number of thiazole rings is 1. The third-order valence-corrected chi connectivity index (χ3v) is 5.48. The Balaban J connectivity index is 1.44. The van der Waals surface area contributed by atoms with Gasteiger partial charge in [-0.05, 0) is 23.8 Å². The summed E-state index contributed by atoms with van der Waals surface area (Å²) in [5, 5.41) is 7.80. The minimum Gasteiger partial charge on any atom is -0.464 e. The number of fused-ring (bicyclic) bond motifs is 1. The third-order valence-electron chi connectivity index (χ3n) is 4.59. The molecule has 0 spiro atoms. The summed E-state index contributed by atoms with van der Waals surface area (Å²) in [6, 6.07) is 12.2. The summed E-state index contributed by atoms with van der Waals surface area (Å²) >= 11 is 1.34. The first kappa shape index (κ1) is 20.4. The summed E-state index contributed by atoms with van der Waals surface area (Å²) in [7, 11) is 2.91. The van der Waals surface area contributed by atoms with E-state index in [-0.39, 0.29) is 12.2 Å². The normalized spacial score (nSPS) is 10.8. The minimum atomic E-state index is -0.501. The van der Waals surface area contributed by atoms with E-state index in [0.717, 1.165) is 11.1 Å². The Morgan fingerprint density at radius 1 is 1.23 bits per heavy atom. The molecule has 0 saturated carbocycles. The molecule has 0 fully saturated rings. The summed E-state index contributed by atoms with van der Waals surface area (Å²) < 4.78 is 11.3. The Kier molecular flexibility index (Phi) is 5.54. The molecule has 2 heterocycles. The van der Waals surface area contributed by atoms with Crippen LogP contribution in [0.4, 0.5) is 10.5 Å². The van der Waals surface area contributed by atoms with Gasteiger partial charge in [0.2, 0.25) is 0 Å². The number of ether oxygens (including phenoxy) is 1. The van der Waals surface area contributed by atoms with Crippen LogP contribution < -0.4 is 16.4 Å². The number of esters is 1. The van der Waals surface area contributed by atoms with E-state index in [0.29, 0.717) is 21.8 Å². The van der Waals surface area contributed by atoms with Gasteiger partial charge in [-0.3, -0.25) is 4.57 Å². The smallest absolute Gasteiger partial charge is 0.419 e. The van der Waals surface area contributed by atoms with Crippen LogP contribution in [0.15, 0.2) is 57.1 Å². The monoisotopic (exact) mass is 438 g/mol. The number of anilines is 1. The van der Waals surface area contributed by atoms with E-state index in [1.807, 2.05) is 24.3 Å². The average Bonchev–Trinajstić information content (AvgIpc) is 3.38. The summed E-state index contributed by atoms with van der Waals surface area (Å²) in [6.07, 6.45) is 0. The van der Waals surface area contributed by atoms with Gasteiger partial charge in [0.15, 0.2) is 11.3 Å². The zero-order chi connectivity index (χ0) is 22.0. The molecule has 2 amide bonds. The van der Waals surface area contributed by atoms with Crippen molar-refractivity contribution < 1.29 is 18.7 Å². The van der Waals surface area contributed by atoms with Gasteiger partial charge in [0.1, 0.15) is 5.01 Å². The Bertz CT molecular complexity index is 1340. The lowest BCUT2D eigenvalue weighted by atomic mass is 10.1. The molecule has 0 aliphatic rings. The van der Waals surface area contributed by atoms with E-state index in [9.17, 15) is 14.4 Å². The number of carbonyl (C=O) groups excluding carboxylic acids is 2. The minimum absolute atomic E-state index is 0.257. The number of methoxy groups -OCH3 is 1. The van der Waals surface area contributed by atoms with Crippen LogP contribution in [0.3, 0.4) is 0 Å². The van der Waals surface area contributed by atoms with E-state index in [1.165, 1.54) is 23.0 Å². The first-order valence-electron chi connectivity index (χ1n) is 9.23. The lowest BCUT2D eigenvalue weighted by molar-refractivity contribution is 0.0595. The molecule has 2 N–H and O–H groups in total. The van der Waals surface area contributed by atoms with E-state index in [1.54, 1.807) is 30.6 Å². The van der Waals surface area contributed by atoms with Crippen LogP contribution in [0.25, 0.3) is 21.7 Å². The van der Waals surface area contributed by atoms with Crippen LogP contribution in [-0.2, 0) is 18.3 Å². The fourth-order valence-corrected chi connectivity index (χ4v) is 3.80. The van der Waals surface area contributed by atoms with Gasteiger partial charge >= 0.3 is 17.8 Å². The topological polar surface area (TPSA) is 115 Å². The van der Waals surface area contributed by atoms with Crippen molar-refractivity contribution >= 4 is 40.1 Å². The maximum absolute atomic E-state index is 12.4. The number of nitrogens with one attached hydrogen (secondary N) is 2. The molecule has 31 heavy (non-hydrogen) atoms. The number of hydrogen-bond acceptors (Lipinski definition) is 7. The van der Waals surface area contributed by atoms with Crippen molar-refractivity contribution in [2.24, 2.45) is 7.05 Å². The first-order chi connectivity index (χ1) is 15.0. The Morgan fingerprint density at radius 2 is 2.03 bits per heavy atom. The lowest BCUT2D eigenvalue weighted by Gasteiger charge is -2.09. The van der Waals surface area contributed by atoms with Gasteiger partial charge in [0, 0.05) is 24.5 Å². The van der Waals surface area contributed by atoms with Gasteiger partial charge in [-0.1, -0.05) is 24.3 Å². The van der Waals surface area contributed by atoms with Crippen LogP contribution in [0.1, 0.15) is 16.1 Å². The number of nitrogens with zero attached hydrogens (tertiary/aromatic N) is 2. The molecule has 9 nitrogen and oxygen atoms in total. The molecule has 2 aromatic heterocycles. The number of amides is 2. The lowest BCUT2D eigenvalue weighted by Crippen LogP contribution is -2.28. The largest absolute Gasteiger partial charge is 0.464 e. The maximum atomic E-state index is 12.4. The van der Waals surface area contributed by atoms with E-state index >= 15 is 0 Å². The Hall–Kier alpha value is -3.92. The van der Waals surface area contributed by atoms with Crippen LogP contribution in [0.5, 0.6) is 0 Å². The fraction of sp³-hybridized carbons (Fsp3) is 0.143. The Labute approximate surface area is 180 Å². The number of urea groups is 1. The number of rotatable bonds is 5. The zero-order valence-electron chi connectivity index (χ0n) is 16.7. The standard InChI is InChI=1S/C21H18N4O5S/c1-25-16-8-4-7-14(17(16)30-21(25)28)24-20(27)22-10-12-5-3-6-13(9-12)18-23-15(11-31-18)19(26)29-2/h3-9,11H,10H2,1-2H3,(H2,22,24,27). The quantitative estimate of drug-likeness (QED) is 0.462. The highest BCUT2D eigenvalue weighted by molar-refractivity contribution is 7.13. The van der Waals surface area contributed by atoms with Gasteiger partial charge in [-0.15, -0.1) is 11.3 Å². The van der Waals surface area contributed by atoms with Crippen LogP contribution in [0.2, 0.25) is 0 Å². The number of carbonyl (C=O) groups is 2. The molecule has 4 rings (SSSR count). The second-order valence-electron chi connectivity index (χ2n) is 6.62. The predicted molar refractivity (Wildman–Crippen MR) is 116 cm³/mol. The second kappa shape index (κ2) is 8.44. The number of aromatic nitrogens is 2. The SMILES string of the molecule is COC(=O)c1csc(-c2cccc(CNC(=O)Nc3cccc4c3oc(=O)n4C)c2)n1. The number of para-hydroxylation sites is 1. The summed E-state index contributed by atoms with van der Waals surface area (Å²) in [4.78, 5) is 40.0. The molecule has 0 saturated heterocycles. The highest BCUT2D eigenvalue weighted by Gasteiger charge is 2.14. The predicted octanol–water partition coefficient (Wildman–Crippen LogP) is 3.36. The van der Waals surface area contributed by atoms with Crippen molar-refractivity contribution in [3.63, 3.8) is 0 Å². The number of aryl methyl sites for hydroxylation is 1. The molecule has 0 aliphatic heterocycles. The molecule has 0 aliphatic carbocycles. The van der Waals surface area contributed by atoms with Gasteiger partial charge in [-0.25, -0.2) is 19.4 Å². The van der Waals surface area contributed by atoms with Gasteiger partial charge < -0.3 is 19.8 Å². The third kappa shape index (κ3) is 4.19. The maximum Gasteiger partial charge on any atom is 0.419 e. The van der Waals surface area contributed by atoms with E-state index < -0.39 is 17.8 Å². The highest BCUT2D eigenvalue weighted by Crippen LogP contribution is 2.25. The summed E-state index contributed by atoms with van der Waals surface area (Å²) in [6.45, 7) is 0.267. The van der Waals surface area contributed by atoms with Crippen LogP contribution in [0, 0.1) is 0 Å². The van der Waals surface area contributed by atoms with Gasteiger partial charge in [-0.2, -0.15) is 0 Å². The molecule has 0 unspecified atom stereocenters. The van der Waals surface area contributed by atoms with E-state index in [4.69, 9.17) is 4.42 Å². The first-order valence-corrected chi connectivity index (χ1v) is 10.1. The molecule has 4 aromatic rings. The molecule has 0 radical (unpaired) electrons. The van der Waals surface area contributed by atoms with Crippen molar-refractivity contribution in [3.8, 4) is 10.6 Å². The van der Waals surface area contributed by atoms with E-state index in [2.05, 4.69) is 20.4 Å². The summed E-state index contributed by atoms with van der Waals surface area (Å²) in [5.41, 5.74) is 3.25. The van der Waals surface area contributed by atoms with Crippen LogP contribution in [-0.4, -0.2) is 28.7 Å². The van der Waals surface area contributed by atoms with Crippen molar-refractivity contribution in [1.29, 1.82) is 0 Å². The molecule has 2 aromatic carbocycles. The number of hydrogen-bond donors (Lipinski definition) is 2. The van der Waals surface area contributed by atoms with Crippen molar-refractivity contribution in [1.82, 2.24) is 14.9 Å². The molecule has 0 atom stereocenters. The van der Waals surface area contributed by atoms with Crippen LogP contribution >= 0.6 is 11.3 Å². The molecular weight excluding hydrogens is 420 g/mol. The number of benzene rings is 2. The molecule has 158 valence electrons. The van der Waals surface area contributed by atoms with Crippen molar-refractivity contribution in [3.05, 3.63) is 69.7 Å². The molecule has 10 heteroatoms. The molecule has 0 bridgehead atoms. The summed E-state index contributed by atoms with van der Waals surface area (Å²) in [5.74, 6) is -0.986. The zero-order valence-corrected chi connectivity index (χ0v) is 17.5. The number of oxazole rings is 1. The second-order valence-corrected chi connectivity index (χ2v) is 7.48. The fourth-order valence-electron chi connectivity index (χ4n) is 3.02. The molecular formula is C21H18N4O5S. The van der Waals surface area contributed by atoms with Crippen molar-refractivity contribution in [2.75, 3.05) is 12.4 Å². The van der Waals surface area contributed by atoms with Gasteiger partial charge in [0.25, 0.3) is 0 Å². The Morgan fingerprint density at radius 3 is 2.84 bits per heavy atom.